The molecule has 0 heterocycles. The number of hydrogen-bond donors (Lipinski definition) is 2. The fraction of sp³-hybridized carbons (Fsp3) is 0.818. The molecule has 0 aromatic heterocycles. The van der Waals surface area contributed by atoms with Crippen LogP contribution in [0.5, 0.6) is 0 Å². The highest BCUT2D eigenvalue weighted by atomic mass is 16.6. The minimum absolute atomic E-state index is 0.0685. The third-order valence-corrected chi connectivity index (χ3v) is 1.58. The van der Waals surface area contributed by atoms with E-state index < -0.39 is 11.7 Å². The topological polar surface area (TPSA) is 70.7 Å². The Labute approximate surface area is 103 Å². The molecule has 0 saturated heterocycles. The second-order valence-corrected chi connectivity index (χ2v) is 5.02. The van der Waals surface area contributed by atoms with Crippen LogP contribution in [0.2, 0.25) is 0 Å². The Balaban J connectivity index is 3.58. The second kappa shape index (κ2) is 7.11. The maximum absolute atomic E-state index is 11.2. The average Bonchev–Trinajstić information content (AvgIpc) is 2.08. The molecule has 0 aliphatic rings. The summed E-state index contributed by atoms with van der Waals surface area (Å²) < 4.78 is 5.04. The number of carbonyl (C=O) groups is 2. The molecular weight excluding hydrogens is 222 g/mol. The minimum Gasteiger partial charge on any atom is -0.444 e. The van der Waals surface area contributed by atoms with E-state index in [1.807, 2.05) is 14.1 Å². The van der Waals surface area contributed by atoms with Crippen molar-refractivity contribution in [3.63, 3.8) is 0 Å². The quantitative estimate of drug-likeness (QED) is 0.678. The summed E-state index contributed by atoms with van der Waals surface area (Å²) in [6.45, 7) is 6.48. The molecule has 6 heteroatoms. The Kier molecular flexibility index (Phi) is 6.57. The molecule has 0 aliphatic carbocycles. The van der Waals surface area contributed by atoms with Gasteiger partial charge in [0.15, 0.2) is 0 Å². The molecule has 0 spiro atoms. The molecule has 0 unspecified atom stereocenters. The zero-order chi connectivity index (χ0) is 13.5. The fourth-order valence-corrected chi connectivity index (χ4v) is 1.02. The summed E-state index contributed by atoms with van der Waals surface area (Å²) >= 11 is 0. The Morgan fingerprint density at radius 2 is 1.65 bits per heavy atom. The lowest BCUT2D eigenvalue weighted by Crippen LogP contribution is -2.40. The van der Waals surface area contributed by atoms with Gasteiger partial charge in [0.1, 0.15) is 5.60 Å². The van der Waals surface area contributed by atoms with Crippen molar-refractivity contribution in [3.05, 3.63) is 0 Å². The molecule has 2 amide bonds. The fourth-order valence-electron chi connectivity index (χ4n) is 1.02. The monoisotopic (exact) mass is 245 g/mol. The van der Waals surface area contributed by atoms with Gasteiger partial charge in [-0.3, -0.25) is 4.79 Å². The number of hydrogen-bond acceptors (Lipinski definition) is 4. The molecule has 0 aliphatic heterocycles. The lowest BCUT2D eigenvalue weighted by atomic mass is 10.2. The van der Waals surface area contributed by atoms with Gasteiger partial charge in [0.25, 0.3) is 0 Å². The van der Waals surface area contributed by atoms with Crippen LogP contribution in [-0.4, -0.2) is 56.2 Å². The molecule has 0 radical (unpaired) electrons. The Morgan fingerprint density at radius 3 is 2.12 bits per heavy atom. The predicted molar refractivity (Wildman–Crippen MR) is 65.8 cm³/mol. The summed E-state index contributed by atoms with van der Waals surface area (Å²) in [5, 5.41) is 5.24. The van der Waals surface area contributed by atoms with E-state index in [4.69, 9.17) is 4.74 Å². The van der Waals surface area contributed by atoms with Crippen molar-refractivity contribution >= 4 is 12.0 Å². The van der Waals surface area contributed by atoms with Crippen LogP contribution in [0.15, 0.2) is 0 Å². The molecule has 2 N–H and O–H groups in total. The smallest absolute Gasteiger partial charge is 0.407 e. The Bertz CT molecular complexity index is 259. The van der Waals surface area contributed by atoms with E-state index >= 15 is 0 Å². The highest BCUT2D eigenvalue weighted by Gasteiger charge is 2.15. The van der Waals surface area contributed by atoms with Crippen LogP contribution >= 0.6 is 0 Å². The molecule has 0 atom stereocenters. The second-order valence-electron chi connectivity index (χ2n) is 5.02. The lowest BCUT2D eigenvalue weighted by Gasteiger charge is -2.19. The molecule has 0 rings (SSSR count). The third-order valence-electron chi connectivity index (χ3n) is 1.58. The summed E-state index contributed by atoms with van der Waals surface area (Å²) in [5.41, 5.74) is -0.502. The number of nitrogens with one attached hydrogen (secondary N) is 2. The van der Waals surface area contributed by atoms with Crippen LogP contribution in [0.25, 0.3) is 0 Å². The Morgan fingerprint density at radius 1 is 1.12 bits per heavy atom. The van der Waals surface area contributed by atoms with E-state index in [0.717, 1.165) is 0 Å². The van der Waals surface area contributed by atoms with Crippen molar-refractivity contribution in [1.82, 2.24) is 15.5 Å². The number of rotatable bonds is 5. The van der Waals surface area contributed by atoms with Crippen LogP contribution in [-0.2, 0) is 9.53 Å². The molecule has 100 valence electrons. The first-order valence-electron chi connectivity index (χ1n) is 5.59. The van der Waals surface area contributed by atoms with E-state index in [2.05, 4.69) is 10.6 Å². The van der Waals surface area contributed by atoms with Gasteiger partial charge < -0.3 is 20.3 Å². The largest absolute Gasteiger partial charge is 0.444 e. The average molecular weight is 245 g/mol. The minimum atomic E-state index is -0.502. The first kappa shape index (κ1) is 15.7. The summed E-state index contributed by atoms with van der Waals surface area (Å²) in [7, 11) is 3.64. The van der Waals surface area contributed by atoms with Gasteiger partial charge in [0, 0.05) is 13.1 Å². The number of alkyl carbamates (subject to hydrolysis) is 1. The first-order valence-corrected chi connectivity index (χ1v) is 5.59. The van der Waals surface area contributed by atoms with Crippen LogP contribution in [0.4, 0.5) is 4.79 Å². The summed E-state index contributed by atoms with van der Waals surface area (Å²) in [5.74, 6) is -0.0685. The number of likely N-dealkylation sites (N-methyl/N-ethyl adjacent to an activating group) is 1. The molecule has 0 saturated carbocycles. The van der Waals surface area contributed by atoms with Crippen LogP contribution in [0, 0.1) is 0 Å². The zero-order valence-corrected chi connectivity index (χ0v) is 11.3. The maximum Gasteiger partial charge on any atom is 0.407 e. The molecule has 0 fully saturated rings. The summed E-state index contributed by atoms with van der Waals surface area (Å²) in [6.07, 6.45) is -0.473. The number of carbonyl (C=O) groups excluding carboxylic acids is 2. The van der Waals surface area contributed by atoms with Crippen molar-refractivity contribution in [2.75, 3.05) is 33.7 Å². The highest BCUT2D eigenvalue weighted by Crippen LogP contribution is 2.05. The molecule has 0 aromatic carbocycles. The van der Waals surface area contributed by atoms with E-state index in [1.54, 1.807) is 25.7 Å². The molecule has 0 bridgehead atoms. The summed E-state index contributed by atoms with van der Waals surface area (Å²) in [6, 6.07) is 0. The van der Waals surface area contributed by atoms with Gasteiger partial charge in [0.2, 0.25) is 5.91 Å². The van der Waals surface area contributed by atoms with E-state index in [0.29, 0.717) is 19.6 Å². The van der Waals surface area contributed by atoms with E-state index in [1.165, 1.54) is 0 Å². The van der Waals surface area contributed by atoms with Crippen molar-refractivity contribution in [1.29, 1.82) is 0 Å². The van der Waals surface area contributed by atoms with Crippen LogP contribution in [0.3, 0.4) is 0 Å². The van der Waals surface area contributed by atoms with Gasteiger partial charge in [-0.25, -0.2) is 4.79 Å². The van der Waals surface area contributed by atoms with E-state index in [9.17, 15) is 9.59 Å². The highest BCUT2D eigenvalue weighted by molar-refractivity contribution is 5.78. The first-order chi connectivity index (χ1) is 7.70. The van der Waals surface area contributed by atoms with Gasteiger partial charge in [-0.2, -0.15) is 0 Å². The lowest BCUT2D eigenvalue weighted by molar-refractivity contribution is -0.121. The molecule has 0 aromatic rings. The van der Waals surface area contributed by atoms with Crippen molar-refractivity contribution < 1.29 is 14.3 Å². The zero-order valence-electron chi connectivity index (χ0n) is 11.3. The van der Waals surface area contributed by atoms with Crippen LogP contribution in [0.1, 0.15) is 20.8 Å². The molecule has 6 nitrogen and oxygen atoms in total. The van der Waals surface area contributed by atoms with Gasteiger partial charge in [-0.1, -0.05) is 0 Å². The predicted octanol–water partition coefficient (Wildman–Crippen LogP) is 0.189. The van der Waals surface area contributed by atoms with Crippen molar-refractivity contribution in [2.24, 2.45) is 0 Å². The van der Waals surface area contributed by atoms with Gasteiger partial charge in [-0.15, -0.1) is 0 Å². The standard InChI is InChI=1S/C11H23N3O3/c1-11(2,3)17-10(16)13-7-6-12-9(15)8-14(4)5/h6-8H2,1-5H3,(H,12,15)(H,13,16). The number of ether oxygens (including phenoxy) is 1. The maximum atomic E-state index is 11.2. The molecule has 17 heavy (non-hydrogen) atoms. The van der Waals surface area contributed by atoms with Crippen molar-refractivity contribution in [2.45, 2.75) is 26.4 Å². The van der Waals surface area contributed by atoms with E-state index in [-0.39, 0.29) is 5.91 Å². The Hall–Kier alpha value is -1.30. The SMILES string of the molecule is CN(C)CC(=O)NCCNC(=O)OC(C)(C)C. The van der Waals surface area contributed by atoms with Gasteiger partial charge in [-0.05, 0) is 34.9 Å². The van der Waals surface area contributed by atoms with Gasteiger partial charge in [0.05, 0.1) is 6.54 Å². The number of nitrogens with zero attached hydrogens (tertiary/aromatic N) is 1. The van der Waals surface area contributed by atoms with Crippen LogP contribution < -0.4 is 10.6 Å². The van der Waals surface area contributed by atoms with Crippen molar-refractivity contribution in [3.8, 4) is 0 Å². The normalized spacial score (nSPS) is 11.2. The molecular formula is C11H23N3O3. The summed E-state index contributed by atoms with van der Waals surface area (Å²) in [4.78, 5) is 24.2. The number of amides is 2. The third kappa shape index (κ3) is 11.0. The van der Waals surface area contributed by atoms with Gasteiger partial charge >= 0.3 is 6.09 Å².